The van der Waals surface area contributed by atoms with Gasteiger partial charge in [0.15, 0.2) is 0 Å². The van der Waals surface area contributed by atoms with Crippen molar-refractivity contribution in [3.8, 4) is 0 Å². The number of para-hydroxylation sites is 1. The highest BCUT2D eigenvalue weighted by Crippen LogP contribution is 2.29. The van der Waals surface area contributed by atoms with Crippen molar-refractivity contribution in [2.75, 3.05) is 5.32 Å². The third-order valence-electron chi connectivity index (χ3n) is 3.44. The van der Waals surface area contributed by atoms with Crippen LogP contribution in [-0.2, 0) is 12.0 Å². The van der Waals surface area contributed by atoms with Gasteiger partial charge in [-0.1, -0.05) is 56.6 Å². The van der Waals surface area contributed by atoms with Gasteiger partial charge in [-0.2, -0.15) is 0 Å². The van der Waals surface area contributed by atoms with Crippen LogP contribution in [0.25, 0.3) is 0 Å². The number of halogens is 2. The van der Waals surface area contributed by atoms with Gasteiger partial charge >= 0.3 is 6.03 Å². The van der Waals surface area contributed by atoms with Crippen molar-refractivity contribution in [2.24, 2.45) is 0 Å². The van der Waals surface area contributed by atoms with Crippen LogP contribution in [0.3, 0.4) is 0 Å². The normalized spacial score (nSPS) is 11.2. The molecular formula is C18H20ClFN2O. The minimum Gasteiger partial charge on any atom is -0.334 e. The number of amides is 2. The molecule has 122 valence electrons. The fraction of sp³-hybridized carbons (Fsp3) is 0.278. The lowest BCUT2D eigenvalue weighted by Crippen LogP contribution is -2.29. The zero-order valence-electron chi connectivity index (χ0n) is 13.4. The summed E-state index contributed by atoms with van der Waals surface area (Å²) in [5.74, 6) is -0.401. The summed E-state index contributed by atoms with van der Waals surface area (Å²) >= 11 is 5.95. The molecule has 2 aromatic rings. The Balaban J connectivity index is 2.03. The second-order valence-corrected chi connectivity index (χ2v) is 6.75. The van der Waals surface area contributed by atoms with E-state index in [0.29, 0.717) is 10.6 Å². The van der Waals surface area contributed by atoms with Gasteiger partial charge in [-0.15, -0.1) is 0 Å². The monoisotopic (exact) mass is 334 g/mol. The SMILES string of the molecule is CC(C)(C)c1ccccc1NC(=O)NCc1ccc(F)cc1Cl. The van der Waals surface area contributed by atoms with Crippen molar-refractivity contribution in [3.05, 3.63) is 64.4 Å². The fourth-order valence-electron chi connectivity index (χ4n) is 2.25. The number of benzene rings is 2. The Morgan fingerprint density at radius 2 is 1.87 bits per heavy atom. The van der Waals surface area contributed by atoms with Crippen LogP contribution < -0.4 is 10.6 Å². The Bertz CT molecular complexity index is 710. The van der Waals surface area contributed by atoms with Crippen LogP contribution in [-0.4, -0.2) is 6.03 Å². The minimum atomic E-state index is -0.401. The lowest BCUT2D eigenvalue weighted by atomic mass is 9.86. The molecule has 5 heteroatoms. The van der Waals surface area contributed by atoms with Crippen molar-refractivity contribution in [1.82, 2.24) is 5.32 Å². The number of urea groups is 1. The molecule has 2 rings (SSSR count). The molecular weight excluding hydrogens is 315 g/mol. The number of nitrogens with one attached hydrogen (secondary N) is 2. The molecule has 0 unspecified atom stereocenters. The summed E-state index contributed by atoms with van der Waals surface area (Å²) in [5.41, 5.74) is 2.40. The maximum absolute atomic E-state index is 13.0. The van der Waals surface area contributed by atoms with E-state index >= 15 is 0 Å². The standard InChI is InChI=1S/C18H20ClFN2O/c1-18(2,3)14-6-4-5-7-16(14)22-17(23)21-11-12-8-9-13(20)10-15(12)19/h4-10H,11H2,1-3H3,(H2,21,22,23). The first kappa shape index (κ1) is 17.3. The van der Waals surface area contributed by atoms with E-state index in [-0.39, 0.29) is 18.0 Å². The highest BCUT2D eigenvalue weighted by atomic mass is 35.5. The molecule has 2 amide bonds. The molecule has 0 heterocycles. The molecule has 2 N–H and O–H groups in total. The summed E-state index contributed by atoms with van der Waals surface area (Å²) in [5, 5.41) is 5.87. The number of anilines is 1. The van der Waals surface area contributed by atoms with Gasteiger partial charge in [-0.05, 0) is 34.7 Å². The second-order valence-electron chi connectivity index (χ2n) is 6.34. The second kappa shape index (κ2) is 7.01. The first-order valence-electron chi connectivity index (χ1n) is 7.35. The zero-order valence-corrected chi connectivity index (χ0v) is 14.2. The maximum atomic E-state index is 13.0. The van der Waals surface area contributed by atoms with Crippen molar-refractivity contribution in [3.63, 3.8) is 0 Å². The molecule has 0 aliphatic rings. The van der Waals surface area contributed by atoms with Crippen LogP contribution >= 0.6 is 11.6 Å². The van der Waals surface area contributed by atoms with Gasteiger partial charge in [-0.3, -0.25) is 0 Å². The summed E-state index contributed by atoms with van der Waals surface area (Å²) in [7, 11) is 0. The van der Waals surface area contributed by atoms with Crippen molar-refractivity contribution in [1.29, 1.82) is 0 Å². The Kier molecular flexibility index (Phi) is 5.26. The lowest BCUT2D eigenvalue weighted by Gasteiger charge is -2.23. The van der Waals surface area contributed by atoms with Gasteiger partial charge in [0, 0.05) is 17.3 Å². The molecule has 0 saturated heterocycles. The first-order chi connectivity index (χ1) is 10.8. The van der Waals surface area contributed by atoms with E-state index in [2.05, 4.69) is 31.4 Å². The predicted molar refractivity (Wildman–Crippen MR) is 92.4 cm³/mol. The van der Waals surface area contributed by atoms with E-state index in [4.69, 9.17) is 11.6 Å². The van der Waals surface area contributed by atoms with E-state index in [9.17, 15) is 9.18 Å². The fourth-order valence-corrected chi connectivity index (χ4v) is 2.49. The van der Waals surface area contributed by atoms with E-state index in [1.54, 1.807) is 6.07 Å². The number of hydrogen-bond acceptors (Lipinski definition) is 1. The number of carbonyl (C=O) groups is 1. The molecule has 0 aliphatic heterocycles. The highest BCUT2D eigenvalue weighted by Gasteiger charge is 2.18. The van der Waals surface area contributed by atoms with Gasteiger partial charge in [0.1, 0.15) is 5.82 Å². The van der Waals surface area contributed by atoms with Gasteiger partial charge in [0.05, 0.1) is 0 Å². The Morgan fingerprint density at radius 1 is 1.17 bits per heavy atom. The van der Waals surface area contributed by atoms with Crippen LogP contribution in [0.15, 0.2) is 42.5 Å². The topological polar surface area (TPSA) is 41.1 Å². The molecule has 3 nitrogen and oxygen atoms in total. The van der Waals surface area contributed by atoms with Crippen LogP contribution in [0.4, 0.5) is 14.9 Å². The molecule has 0 saturated carbocycles. The van der Waals surface area contributed by atoms with Gasteiger partial charge in [-0.25, -0.2) is 9.18 Å². The summed E-state index contributed by atoms with van der Waals surface area (Å²) in [6, 6.07) is 11.4. The smallest absolute Gasteiger partial charge is 0.319 e. The average molecular weight is 335 g/mol. The Morgan fingerprint density at radius 3 is 2.52 bits per heavy atom. The average Bonchev–Trinajstić information content (AvgIpc) is 2.46. The van der Waals surface area contributed by atoms with Crippen LogP contribution in [0, 0.1) is 5.82 Å². The third kappa shape index (κ3) is 4.70. The van der Waals surface area contributed by atoms with E-state index < -0.39 is 5.82 Å². The van der Waals surface area contributed by atoms with Crippen molar-refractivity contribution in [2.45, 2.75) is 32.7 Å². The van der Waals surface area contributed by atoms with E-state index in [1.807, 2.05) is 24.3 Å². The van der Waals surface area contributed by atoms with Crippen LogP contribution in [0.1, 0.15) is 31.9 Å². The van der Waals surface area contributed by atoms with Crippen LogP contribution in [0.5, 0.6) is 0 Å². The summed E-state index contributed by atoms with van der Waals surface area (Å²) < 4.78 is 13.0. The zero-order chi connectivity index (χ0) is 17.0. The summed E-state index contributed by atoms with van der Waals surface area (Å²) in [4.78, 5) is 12.1. The maximum Gasteiger partial charge on any atom is 0.319 e. The molecule has 0 atom stereocenters. The molecule has 0 aromatic heterocycles. The van der Waals surface area contributed by atoms with Gasteiger partial charge in [0.2, 0.25) is 0 Å². The molecule has 0 spiro atoms. The lowest BCUT2D eigenvalue weighted by molar-refractivity contribution is 0.251. The van der Waals surface area contributed by atoms with Crippen LogP contribution in [0.2, 0.25) is 5.02 Å². The van der Waals surface area contributed by atoms with Gasteiger partial charge < -0.3 is 10.6 Å². The largest absolute Gasteiger partial charge is 0.334 e. The number of carbonyl (C=O) groups excluding carboxylic acids is 1. The number of rotatable bonds is 3. The molecule has 0 radical (unpaired) electrons. The summed E-state index contributed by atoms with van der Waals surface area (Å²) in [6.07, 6.45) is 0. The molecule has 0 bridgehead atoms. The summed E-state index contributed by atoms with van der Waals surface area (Å²) in [6.45, 7) is 6.49. The molecule has 0 aliphatic carbocycles. The first-order valence-corrected chi connectivity index (χ1v) is 7.73. The van der Waals surface area contributed by atoms with Crippen molar-refractivity contribution < 1.29 is 9.18 Å². The number of hydrogen-bond donors (Lipinski definition) is 2. The third-order valence-corrected chi connectivity index (χ3v) is 3.79. The molecule has 23 heavy (non-hydrogen) atoms. The van der Waals surface area contributed by atoms with Gasteiger partial charge in [0.25, 0.3) is 0 Å². The Labute approximate surface area is 140 Å². The van der Waals surface area contributed by atoms with Crippen molar-refractivity contribution >= 4 is 23.3 Å². The minimum absolute atomic E-state index is 0.0792. The van der Waals surface area contributed by atoms with E-state index in [0.717, 1.165) is 11.3 Å². The predicted octanol–water partition coefficient (Wildman–Crippen LogP) is 5.10. The molecule has 2 aromatic carbocycles. The quantitative estimate of drug-likeness (QED) is 0.805. The Hall–Kier alpha value is -2.07. The van der Waals surface area contributed by atoms with E-state index in [1.165, 1.54) is 12.1 Å². The highest BCUT2D eigenvalue weighted by molar-refractivity contribution is 6.31. The molecule has 0 fully saturated rings.